The number of hydrogen-bond acceptors (Lipinski definition) is 3. The van der Waals surface area contributed by atoms with Gasteiger partial charge in [0.05, 0.1) is 21.8 Å². The number of sulfonamides is 1. The highest BCUT2D eigenvalue weighted by atomic mass is 32.2. The molecule has 0 heterocycles. The SMILES string of the molecule is CN(c1ccccc1C(=O)Nc1ccccc1F)S(=O)(=O)c1ccccc1. The molecule has 0 spiro atoms. The van der Waals surface area contributed by atoms with E-state index in [4.69, 9.17) is 0 Å². The highest BCUT2D eigenvalue weighted by Gasteiger charge is 2.25. The molecule has 0 aliphatic heterocycles. The molecule has 0 fully saturated rings. The second-order valence-corrected chi connectivity index (χ2v) is 7.71. The summed E-state index contributed by atoms with van der Waals surface area (Å²) in [6, 6.07) is 19.9. The summed E-state index contributed by atoms with van der Waals surface area (Å²) < 4.78 is 40.6. The summed E-state index contributed by atoms with van der Waals surface area (Å²) in [5, 5.41) is 2.48. The number of anilines is 2. The number of nitrogens with zero attached hydrogens (tertiary/aromatic N) is 1. The molecule has 0 radical (unpaired) electrons. The number of carbonyl (C=O) groups excluding carboxylic acids is 1. The zero-order chi connectivity index (χ0) is 19.4. The van der Waals surface area contributed by atoms with Crippen LogP contribution in [-0.2, 0) is 10.0 Å². The summed E-state index contributed by atoms with van der Waals surface area (Å²) in [5.74, 6) is -1.18. The van der Waals surface area contributed by atoms with Gasteiger partial charge in [0, 0.05) is 7.05 Å². The fraction of sp³-hybridized carbons (Fsp3) is 0.0500. The minimum absolute atomic E-state index is 0.0193. The van der Waals surface area contributed by atoms with E-state index in [1.807, 2.05) is 0 Å². The summed E-state index contributed by atoms with van der Waals surface area (Å²) >= 11 is 0. The van der Waals surface area contributed by atoms with E-state index in [9.17, 15) is 17.6 Å². The molecule has 0 saturated heterocycles. The quantitative estimate of drug-likeness (QED) is 0.725. The maximum absolute atomic E-state index is 13.8. The number of para-hydroxylation sites is 2. The Morgan fingerprint density at radius 1 is 0.889 bits per heavy atom. The van der Waals surface area contributed by atoms with Crippen LogP contribution in [0.1, 0.15) is 10.4 Å². The number of carbonyl (C=O) groups is 1. The van der Waals surface area contributed by atoms with Crippen LogP contribution in [0.2, 0.25) is 0 Å². The van der Waals surface area contributed by atoms with E-state index >= 15 is 0 Å². The predicted molar refractivity (Wildman–Crippen MR) is 103 cm³/mol. The zero-order valence-corrected chi connectivity index (χ0v) is 15.3. The van der Waals surface area contributed by atoms with Crippen molar-refractivity contribution in [1.29, 1.82) is 0 Å². The van der Waals surface area contributed by atoms with Crippen molar-refractivity contribution in [3.05, 3.63) is 90.2 Å². The third-order valence-corrected chi connectivity index (χ3v) is 5.80. The lowest BCUT2D eigenvalue weighted by Crippen LogP contribution is -2.29. The largest absolute Gasteiger partial charge is 0.319 e. The van der Waals surface area contributed by atoms with Crippen LogP contribution in [0.5, 0.6) is 0 Å². The van der Waals surface area contributed by atoms with Crippen LogP contribution >= 0.6 is 0 Å². The van der Waals surface area contributed by atoms with Gasteiger partial charge in [-0.05, 0) is 36.4 Å². The van der Waals surface area contributed by atoms with Crippen molar-refractivity contribution in [1.82, 2.24) is 0 Å². The molecular formula is C20H17FN2O3S. The molecule has 1 amide bonds. The summed E-state index contributed by atoms with van der Waals surface area (Å²) in [6.45, 7) is 0. The van der Waals surface area contributed by atoms with E-state index in [1.54, 1.807) is 36.4 Å². The normalized spacial score (nSPS) is 11.0. The Bertz CT molecular complexity index is 1070. The predicted octanol–water partition coefficient (Wildman–Crippen LogP) is 3.90. The molecule has 0 atom stereocenters. The standard InChI is InChI=1S/C20H17FN2O3S/c1-23(27(25,26)15-9-3-2-4-10-15)19-14-8-5-11-16(19)20(24)22-18-13-7-6-12-17(18)21/h2-14H,1H3,(H,22,24). The Kier molecular flexibility index (Phi) is 5.23. The summed E-state index contributed by atoms with van der Waals surface area (Å²) in [5.41, 5.74) is 0.323. The molecule has 0 aromatic heterocycles. The summed E-state index contributed by atoms with van der Waals surface area (Å²) in [4.78, 5) is 12.8. The van der Waals surface area contributed by atoms with Gasteiger partial charge in [-0.2, -0.15) is 0 Å². The number of amides is 1. The fourth-order valence-corrected chi connectivity index (χ4v) is 3.81. The molecular weight excluding hydrogens is 367 g/mol. The third kappa shape index (κ3) is 3.83. The number of benzene rings is 3. The third-order valence-electron chi connectivity index (χ3n) is 4.01. The van der Waals surface area contributed by atoms with Crippen LogP contribution in [0.3, 0.4) is 0 Å². The van der Waals surface area contributed by atoms with Crippen molar-refractivity contribution >= 4 is 27.3 Å². The second kappa shape index (κ2) is 7.59. The van der Waals surface area contributed by atoms with E-state index in [1.165, 1.54) is 49.5 Å². The molecule has 3 rings (SSSR count). The van der Waals surface area contributed by atoms with Crippen molar-refractivity contribution in [2.45, 2.75) is 4.90 Å². The molecule has 1 N–H and O–H groups in total. The number of halogens is 1. The number of hydrogen-bond donors (Lipinski definition) is 1. The van der Waals surface area contributed by atoms with Gasteiger partial charge in [-0.15, -0.1) is 0 Å². The Hall–Kier alpha value is -3.19. The summed E-state index contributed by atoms with van der Waals surface area (Å²) in [7, 11) is -2.48. The lowest BCUT2D eigenvalue weighted by Gasteiger charge is -2.22. The first-order valence-corrected chi connectivity index (χ1v) is 9.54. The molecule has 0 aliphatic carbocycles. The first-order valence-electron chi connectivity index (χ1n) is 8.10. The highest BCUT2D eigenvalue weighted by molar-refractivity contribution is 7.92. The molecule has 0 aliphatic rings. The lowest BCUT2D eigenvalue weighted by atomic mass is 10.1. The van der Waals surface area contributed by atoms with Crippen LogP contribution in [0.4, 0.5) is 15.8 Å². The molecule has 0 saturated carbocycles. The molecule has 5 nitrogen and oxygen atoms in total. The van der Waals surface area contributed by atoms with E-state index < -0.39 is 21.7 Å². The van der Waals surface area contributed by atoms with Gasteiger partial charge in [-0.25, -0.2) is 12.8 Å². The van der Waals surface area contributed by atoms with Gasteiger partial charge in [-0.3, -0.25) is 9.10 Å². The van der Waals surface area contributed by atoms with Crippen molar-refractivity contribution in [3.63, 3.8) is 0 Å². The summed E-state index contributed by atoms with van der Waals surface area (Å²) in [6.07, 6.45) is 0. The molecule has 0 unspecified atom stereocenters. The minimum Gasteiger partial charge on any atom is -0.319 e. The van der Waals surface area contributed by atoms with Gasteiger partial charge in [0.1, 0.15) is 5.82 Å². The van der Waals surface area contributed by atoms with Gasteiger partial charge in [0.15, 0.2) is 0 Å². The van der Waals surface area contributed by atoms with E-state index in [2.05, 4.69) is 5.32 Å². The van der Waals surface area contributed by atoms with Crippen LogP contribution in [-0.4, -0.2) is 21.4 Å². The topological polar surface area (TPSA) is 66.5 Å². The van der Waals surface area contributed by atoms with Crippen LogP contribution in [0.15, 0.2) is 83.8 Å². The van der Waals surface area contributed by atoms with Gasteiger partial charge < -0.3 is 5.32 Å². The van der Waals surface area contributed by atoms with Gasteiger partial charge in [-0.1, -0.05) is 42.5 Å². The average molecular weight is 384 g/mol. The fourth-order valence-electron chi connectivity index (χ4n) is 2.57. The highest BCUT2D eigenvalue weighted by Crippen LogP contribution is 2.26. The van der Waals surface area contributed by atoms with Crippen molar-refractivity contribution in [2.75, 3.05) is 16.7 Å². The second-order valence-electron chi connectivity index (χ2n) is 5.74. The number of nitrogens with one attached hydrogen (secondary N) is 1. The number of rotatable bonds is 5. The molecule has 138 valence electrons. The Balaban J connectivity index is 1.96. The lowest BCUT2D eigenvalue weighted by molar-refractivity contribution is 0.102. The molecule has 7 heteroatoms. The molecule has 3 aromatic rings. The smallest absolute Gasteiger partial charge is 0.264 e. The van der Waals surface area contributed by atoms with Gasteiger partial charge in [0.2, 0.25) is 0 Å². The van der Waals surface area contributed by atoms with E-state index in [0.717, 1.165) is 4.31 Å². The average Bonchev–Trinajstić information content (AvgIpc) is 2.69. The molecule has 27 heavy (non-hydrogen) atoms. The maximum Gasteiger partial charge on any atom is 0.264 e. The Morgan fingerprint density at radius 2 is 1.48 bits per heavy atom. The van der Waals surface area contributed by atoms with Crippen LogP contribution < -0.4 is 9.62 Å². The molecule has 0 bridgehead atoms. The van der Waals surface area contributed by atoms with Crippen LogP contribution in [0, 0.1) is 5.82 Å². The minimum atomic E-state index is -3.85. The Morgan fingerprint density at radius 3 is 2.19 bits per heavy atom. The van der Waals surface area contributed by atoms with Gasteiger partial charge in [0.25, 0.3) is 15.9 Å². The van der Waals surface area contributed by atoms with E-state index in [0.29, 0.717) is 0 Å². The maximum atomic E-state index is 13.8. The first kappa shape index (κ1) is 18.6. The first-order chi connectivity index (χ1) is 12.9. The zero-order valence-electron chi connectivity index (χ0n) is 14.5. The van der Waals surface area contributed by atoms with Crippen LogP contribution in [0.25, 0.3) is 0 Å². The van der Waals surface area contributed by atoms with Crippen molar-refractivity contribution in [3.8, 4) is 0 Å². The van der Waals surface area contributed by atoms with Crippen molar-refractivity contribution < 1.29 is 17.6 Å². The van der Waals surface area contributed by atoms with Crippen molar-refractivity contribution in [2.24, 2.45) is 0 Å². The van der Waals surface area contributed by atoms with E-state index in [-0.39, 0.29) is 21.8 Å². The van der Waals surface area contributed by atoms with Gasteiger partial charge >= 0.3 is 0 Å². The molecule has 3 aromatic carbocycles. The Labute approximate surface area is 157 Å². The monoisotopic (exact) mass is 384 g/mol.